The van der Waals surface area contributed by atoms with Crippen molar-refractivity contribution in [2.24, 2.45) is 4.99 Å². The molecule has 0 bridgehead atoms. The Morgan fingerprint density at radius 1 is 1.57 bits per heavy atom. The van der Waals surface area contributed by atoms with Gasteiger partial charge in [0.2, 0.25) is 0 Å². The maximum Gasteiger partial charge on any atom is 0.273 e. The summed E-state index contributed by atoms with van der Waals surface area (Å²) in [6, 6.07) is 0.306. The minimum atomic E-state index is 0.236. The SMILES string of the molecule is C[C@@H]1O[C]=N[C@@H]1C. The average Bonchev–Trinajstić information content (AvgIpc) is 1.91. The topological polar surface area (TPSA) is 21.6 Å². The van der Waals surface area contributed by atoms with E-state index in [0.717, 1.165) is 0 Å². The van der Waals surface area contributed by atoms with Gasteiger partial charge in [0.25, 0.3) is 6.40 Å². The Labute approximate surface area is 43.2 Å². The molecule has 2 nitrogen and oxygen atoms in total. The number of nitrogens with zero attached hydrogens (tertiary/aromatic N) is 1. The lowest BCUT2D eigenvalue weighted by Crippen LogP contribution is -2.12. The van der Waals surface area contributed by atoms with E-state index in [1.54, 1.807) is 0 Å². The van der Waals surface area contributed by atoms with Gasteiger partial charge in [0.1, 0.15) is 6.10 Å². The number of hydrogen-bond acceptors (Lipinski definition) is 2. The zero-order valence-electron chi connectivity index (χ0n) is 4.51. The fourth-order valence-electron chi connectivity index (χ4n) is 0.400. The summed E-state index contributed by atoms with van der Waals surface area (Å²) in [4.78, 5) is 3.84. The van der Waals surface area contributed by atoms with Crippen molar-refractivity contribution >= 4 is 6.40 Å². The molecule has 0 spiro atoms. The van der Waals surface area contributed by atoms with Crippen molar-refractivity contribution in [2.45, 2.75) is 26.0 Å². The predicted octanol–water partition coefficient (Wildman–Crippen LogP) is 0.699. The Morgan fingerprint density at radius 2 is 2.29 bits per heavy atom. The summed E-state index contributed by atoms with van der Waals surface area (Å²) in [6.45, 7) is 3.98. The van der Waals surface area contributed by atoms with Gasteiger partial charge in [-0.25, -0.2) is 4.99 Å². The van der Waals surface area contributed by atoms with Crippen LogP contribution in [-0.2, 0) is 4.74 Å². The van der Waals surface area contributed by atoms with Crippen LogP contribution in [0.3, 0.4) is 0 Å². The Hall–Kier alpha value is -0.530. The van der Waals surface area contributed by atoms with Gasteiger partial charge in [0.15, 0.2) is 0 Å². The van der Waals surface area contributed by atoms with Gasteiger partial charge < -0.3 is 4.74 Å². The maximum absolute atomic E-state index is 4.85. The molecule has 0 saturated heterocycles. The smallest absolute Gasteiger partial charge is 0.273 e. The van der Waals surface area contributed by atoms with Gasteiger partial charge in [-0.3, -0.25) is 0 Å². The Bertz CT molecular complexity index is 90.1. The lowest BCUT2D eigenvalue weighted by atomic mass is 10.2. The molecule has 0 aromatic carbocycles. The van der Waals surface area contributed by atoms with Gasteiger partial charge in [-0.1, -0.05) is 0 Å². The van der Waals surface area contributed by atoms with E-state index in [4.69, 9.17) is 4.74 Å². The second-order valence-electron chi connectivity index (χ2n) is 1.78. The van der Waals surface area contributed by atoms with Crippen LogP contribution in [0.2, 0.25) is 0 Å². The monoisotopic (exact) mass is 98.1 g/mol. The third kappa shape index (κ3) is 0.734. The molecule has 39 valence electrons. The zero-order chi connectivity index (χ0) is 5.28. The third-order valence-corrected chi connectivity index (χ3v) is 1.17. The van der Waals surface area contributed by atoms with Crippen molar-refractivity contribution in [1.82, 2.24) is 0 Å². The fraction of sp³-hybridized carbons (Fsp3) is 0.800. The second-order valence-corrected chi connectivity index (χ2v) is 1.78. The zero-order valence-corrected chi connectivity index (χ0v) is 4.51. The molecular weight excluding hydrogens is 90.1 g/mol. The molecule has 0 N–H and O–H groups in total. The second kappa shape index (κ2) is 1.52. The molecule has 1 radical (unpaired) electrons. The summed E-state index contributed by atoms with van der Waals surface area (Å²) in [5.41, 5.74) is 0. The molecule has 2 heteroatoms. The van der Waals surface area contributed by atoms with Gasteiger partial charge in [-0.15, -0.1) is 0 Å². The Balaban J connectivity index is 2.45. The highest BCUT2D eigenvalue weighted by Crippen LogP contribution is 2.05. The highest BCUT2D eigenvalue weighted by Gasteiger charge is 2.15. The van der Waals surface area contributed by atoms with Crippen molar-refractivity contribution in [1.29, 1.82) is 0 Å². The molecule has 0 amide bonds. The number of rotatable bonds is 0. The molecule has 7 heavy (non-hydrogen) atoms. The average molecular weight is 98.1 g/mol. The van der Waals surface area contributed by atoms with Crippen molar-refractivity contribution in [3.05, 3.63) is 0 Å². The first-order valence-electron chi connectivity index (χ1n) is 2.41. The summed E-state index contributed by atoms with van der Waals surface area (Å²) in [6.07, 6.45) is 2.68. The van der Waals surface area contributed by atoms with E-state index >= 15 is 0 Å². The molecule has 1 aliphatic rings. The number of aliphatic imine (C=N–C) groups is 1. The largest absolute Gasteiger partial charge is 0.469 e. The highest BCUT2D eigenvalue weighted by molar-refractivity contribution is 5.49. The van der Waals surface area contributed by atoms with E-state index in [2.05, 4.69) is 11.4 Å². The third-order valence-electron chi connectivity index (χ3n) is 1.17. The quantitative estimate of drug-likeness (QED) is 0.437. The molecule has 0 aliphatic carbocycles. The van der Waals surface area contributed by atoms with Gasteiger partial charge in [0.05, 0.1) is 6.04 Å². The van der Waals surface area contributed by atoms with Crippen LogP contribution in [0.15, 0.2) is 4.99 Å². The molecule has 0 aromatic heterocycles. The van der Waals surface area contributed by atoms with Crippen molar-refractivity contribution in [3.8, 4) is 0 Å². The molecule has 1 rings (SSSR count). The van der Waals surface area contributed by atoms with Crippen molar-refractivity contribution in [3.63, 3.8) is 0 Å². The molecule has 1 aliphatic heterocycles. The van der Waals surface area contributed by atoms with Gasteiger partial charge in [-0.2, -0.15) is 0 Å². The van der Waals surface area contributed by atoms with Crippen LogP contribution in [0.4, 0.5) is 0 Å². The van der Waals surface area contributed by atoms with E-state index in [0.29, 0.717) is 6.04 Å². The van der Waals surface area contributed by atoms with E-state index in [1.807, 2.05) is 13.8 Å². The van der Waals surface area contributed by atoms with Crippen LogP contribution >= 0.6 is 0 Å². The fourth-order valence-corrected chi connectivity index (χ4v) is 0.400. The first-order valence-corrected chi connectivity index (χ1v) is 2.41. The summed E-state index contributed by atoms with van der Waals surface area (Å²) >= 11 is 0. The van der Waals surface area contributed by atoms with E-state index < -0.39 is 0 Å². The Kier molecular flexibility index (Phi) is 1.01. The molecule has 2 atom stereocenters. The van der Waals surface area contributed by atoms with E-state index in [-0.39, 0.29) is 6.10 Å². The van der Waals surface area contributed by atoms with E-state index in [9.17, 15) is 0 Å². The molecule has 0 aromatic rings. The van der Waals surface area contributed by atoms with Crippen LogP contribution in [0.25, 0.3) is 0 Å². The molecule has 0 unspecified atom stereocenters. The van der Waals surface area contributed by atoms with Crippen LogP contribution in [-0.4, -0.2) is 18.5 Å². The molecular formula is C5H8NO. The van der Waals surface area contributed by atoms with E-state index in [1.165, 1.54) is 0 Å². The summed E-state index contributed by atoms with van der Waals surface area (Å²) in [7, 11) is 0. The highest BCUT2D eigenvalue weighted by atomic mass is 16.5. The standard InChI is InChI=1S/C5H8NO/c1-4-5(2)7-3-6-4/h4-5H,1-2H3/t4-,5+/m1/s1. The van der Waals surface area contributed by atoms with Crippen LogP contribution < -0.4 is 0 Å². The summed E-state index contributed by atoms with van der Waals surface area (Å²) < 4.78 is 4.85. The first-order chi connectivity index (χ1) is 3.30. The van der Waals surface area contributed by atoms with Gasteiger partial charge in [-0.05, 0) is 13.8 Å². The van der Waals surface area contributed by atoms with Gasteiger partial charge in [0, 0.05) is 0 Å². The lowest BCUT2D eigenvalue weighted by Gasteiger charge is -2.03. The summed E-state index contributed by atoms with van der Waals surface area (Å²) in [5, 5.41) is 0. The van der Waals surface area contributed by atoms with Crippen molar-refractivity contribution < 1.29 is 4.74 Å². The number of hydrogen-bond donors (Lipinski definition) is 0. The normalized spacial score (nSPS) is 38.6. The molecule has 0 saturated carbocycles. The minimum absolute atomic E-state index is 0.236. The van der Waals surface area contributed by atoms with Crippen molar-refractivity contribution in [2.75, 3.05) is 0 Å². The predicted molar refractivity (Wildman–Crippen MR) is 27.4 cm³/mol. The van der Waals surface area contributed by atoms with Crippen LogP contribution in [0.1, 0.15) is 13.8 Å². The minimum Gasteiger partial charge on any atom is -0.469 e. The Morgan fingerprint density at radius 3 is 2.43 bits per heavy atom. The first kappa shape index (κ1) is 4.62. The lowest BCUT2D eigenvalue weighted by molar-refractivity contribution is 0.227. The van der Waals surface area contributed by atoms with Crippen LogP contribution in [0.5, 0.6) is 0 Å². The summed E-state index contributed by atoms with van der Waals surface area (Å²) in [5.74, 6) is 0. The molecule has 0 fully saturated rings. The molecule has 1 heterocycles. The number of ether oxygens (including phenoxy) is 1. The maximum atomic E-state index is 4.85. The van der Waals surface area contributed by atoms with Gasteiger partial charge >= 0.3 is 0 Å². The van der Waals surface area contributed by atoms with Crippen LogP contribution in [0, 0.1) is 0 Å².